The number of benzene rings is 2. The zero-order valence-corrected chi connectivity index (χ0v) is 18.8. The Morgan fingerprint density at radius 2 is 1.69 bits per heavy atom. The van der Waals surface area contributed by atoms with E-state index in [1.807, 2.05) is 30.3 Å². The average molecular weight is 452 g/mol. The highest BCUT2D eigenvalue weighted by Crippen LogP contribution is 2.41. The fourth-order valence-corrected chi connectivity index (χ4v) is 4.19. The van der Waals surface area contributed by atoms with Crippen molar-refractivity contribution in [2.75, 3.05) is 21.3 Å². The molecule has 8 nitrogen and oxygen atoms in total. The summed E-state index contributed by atoms with van der Waals surface area (Å²) in [7, 11) is 6.28. The van der Waals surface area contributed by atoms with Gasteiger partial charge in [0, 0.05) is 24.7 Å². The van der Waals surface area contributed by atoms with Crippen LogP contribution >= 0.6 is 11.8 Å². The Morgan fingerprint density at radius 3 is 2.34 bits per heavy atom. The molecular formula is C23H21N3O5S. The highest BCUT2D eigenvalue weighted by atomic mass is 32.2. The van der Waals surface area contributed by atoms with Crippen molar-refractivity contribution in [2.24, 2.45) is 12.0 Å². The number of hydrogen-bond acceptors (Lipinski definition) is 7. The summed E-state index contributed by atoms with van der Waals surface area (Å²) >= 11 is 0.980. The number of amidine groups is 1. The second kappa shape index (κ2) is 8.80. The van der Waals surface area contributed by atoms with Crippen molar-refractivity contribution in [3.05, 3.63) is 63.3 Å². The van der Waals surface area contributed by atoms with E-state index in [2.05, 4.69) is 10.3 Å². The first-order valence-corrected chi connectivity index (χ1v) is 10.4. The molecule has 1 fully saturated rings. The fourth-order valence-electron chi connectivity index (χ4n) is 3.47. The van der Waals surface area contributed by atoms with Gasteiger partial charge in [-0.3, -0.25) is 9.59 Å². The van der Waals surface area contributed by atoms with Gasteiger partial charge in [-0.15, -0.1) is 0 Å². The molecule has 2 heterocycles. The summed E-state index contributed by atoms with van der Waals surface area (Å²) in [6.45, 7) is 0. The molecule has 0 spiro atoms. The van der Waals surface area contributed by atoms with Crippen LogP contribution in [0.5, 0.6) is 17.2 Å². The van der Waals surface area contributed by atoms with Gasteiger partial charge in [-0.05, 0) is 35.4 Å². The van der Waals surface area contributed by atoms with E-state index in [4.69, 9.17) is 14.2 Å². The maximum Gasteiger partial charge on any atom is 0.289 e. The van der Waals surface area contributed by atoms with E-state index in [9.17, 15) is 9.59 Å². The molecule has 1 saturated heterocycles. The quantitative estimate of drug-likeness (QED) is 0.628. The Hall–Kier alpha value is -3.72. The summed E-state index contributed by atoms with van der Waals surface area (Å²) in [5, 5.41) is 3.38. The molecule has 0 unspecified atom stereocenters. The van der Waals surface area contributed by atoms with Gasteiger partial charge in [0.1, 0.15) is 5.84 Å². The molecule has 4 rings (SSSR count). The van der Waals surface area contributed by atoms with E-state index in [1.54, 1.807) is 29.8 Å². The highest BCUT2D eigenvalue weighted by molar-refractivity contribution is 8.18. The van der Waals surface area contributed by atoms with Gasteiger partial charge in [0.2, 0.25) is 5.75 Å². The van der Waals surface area contributed by atoms with E-state index in [-0.39, 0.29) is 10.8 Å². The zero-order chi connectivity index (χ0) is 22.8. The Morgan fingerprint density at radius 1 is 1.00 bits per heavy atom. The predicted octanol–water partition coefficient (Wildman–Crippen LogP) is 4.09. The van der Waals surface area contributed by atoms with Crippen molar-refractivity contribution in [1.29, 1.82) is 0 Å². The summed E-state index contributed by atoms with van der Waals surface area (Å²) < 4.78 is 17.7. The van der Waals surface area contributed by atoms with Crippen LogP contribution in [0.1, 0.15) is 5.56 Å². The third-order valence-corrected chi connectivity index (χ3v) is 5.81. The molecule has 1 amide bonds. The number of amides is 1. The van der Waals surface area contributed by atoms with Gasteiger partial charge in [0.05, 0.1) is 37.4 Å². The third-order valence-electron chi connectivity index (χ3n) is 4.99. The Bertz CT molecular complexity index is 1320. The number of aromatic nitrogens is 1. The molecular weight excluding hydrogens is 430 g/mol. The molecule has 0 atom stereocenters. The van der Waals surface area contributed by atoms with Crippen molar-refractivity contribution in [3.8, 4) is 17.2 Å². The number of methoxy groups -OCH3 is 3. The summed E-state index contributed by atoms with van der Waals surface area (Å²) in [4.78, 5) is 30.1. The summed E-state index contributed by atoms with van der Waals surface area (Å²) in [6.07, 6.45) is 1.67. The van der Waals surface area contributed by atoms with E-state index < -0.39 is 0 Å². The maximum atomic E-state index is 12.9. The summed E-state index contributed by atoms with van der Waals surface area (Å²) in [5.41, 5.74) is 1.62. The van der Waals surface area contributed by atoms with Gasteiger partial charge in [-0.25, -0.2) is 4.99 Å². The van der Waals surface area contributed by atoms with Crippen LogP contribution in [0.3, 0.4) is 0 Å². The molecule has 1 aliphatic rings. The molecule has 0 aliphatic carbocycles. The number of thioether (sulfide) groups is 1. The van der Waals surface area contributed by atoms with E-state index in [0.717, 1.165) is 22.7 Å². The number of para-hydroxylation sites is 1. The zero-order valence-electron chi connectivity index (χ0n) is 18.0. The smallest absolute Gasteiger partial charge is 0.289 e. The lowest BCUT2D eigenvalue weighted by atomic mass is 10.1. The second-order valence-corrected chi connectivity index (χ2v) is 7.90. The lowest BCUT2D eigenvalue weighted by Crippen LogP contribution is -2.20. The number of aliphatic imine (C=N–C) groups is 1. The Kier molecular flexibility index (Phi) is 5.91. The maximum absolute atomic E-state index is 12.9. The van der Waals surface area contributed by atoms with Gasteiger partial charge >= 0.3 is 0 Å². The number of fused-ring (bicyclic) bond motifs is 1. The number of rotatable bonds is 5. The summed E-state index contributed by atoms with van der Waals surface area (Å²) in [5.74, 6) is 1.66. The van der Waals surface area contributed by atoms with Gasteiger partial charge in [0.25, 0.3) is 10.8 Å². The molecule has 164 valence electrons. The monoisotopic (exact) mass is 451 g/mol. The van der Waals surface area contributed by atoms with Crippen LogP contribution in [0, 0.1) is 0 Å². The lowest BCUT2D eigenvalue weighted by molar-refractivity contribution is 0.265. The number of carbonyl (C=O) groups excluding carboxylic acids is 1. The van der Waals surface area contributed by atoms with Crippen molar-refractivity contribution in [1.82, 2.24) is 9.88 Å². The molecule has 2 aromatic carbocycles. The molecule has 1 N–H and O–H groups in total. The van der Waals surface area contributed by atoms with Crippen LogP contribution in [0.25, 0.3) is 17.0 Å². The molecule has 32 heavy (non-hydrogen) atoms. The van der Waals surface area contributed by atoms with Crippen LogP contribution < -0.4 is 25.1 Å². The van der Waals surface area contributed by atoms with Crippen molar-refractivity contribution >= 4 is 45.5 Å². The van der Waals surface area contributed by atoms with Gasteiger partial charge in [-0.2, -0.15) is 0 Å². The van der Waals surface area contributed by atoms with Crippen LogP contribution in [-0.2, 0) is 7.05 Å². The van der Waals surface area contributed by atoms with Gasteiger partial charge < -0.3 is 24.1 Å². The highest BCUT2D eigenvalue weighted by Gasteiger charge is 2.25. The molecule has 1 aromatic heterocycles. The first kappa shape index (κ1) is 21.5. The average Bonchev–Trinajstić information content (AvgIpc) is 3.14. The van der Waals surface area contributed by atoms with Crippen LogP contribution in [0.4, 0.5) is 10.5 Å². The standard InChI is InChI=1S/C23H21N3O5S/c1-26-16-8-6-5-7-13(16)9-14(22(26)27)10-19-21(25-23(28)32-19)24-15-11-17(29-2)20(31-4)18(12-15)30-3/h5-12H,1-4H3,(H,24,25,28). The Labute approximate surface area is 188 Å². The third kappa shape index (κ3) is 3.94. The topological polar surface area (TPSA) is 91.2 Å². The predicted molar refractivity (Wildman–Crippen MR) is 126 cm³/mol. The van der Waals surface area contributed by atoms with Gasteiger partial charge in [-0.1, -0.05) is 18.2 Å². The fraction of sp³-hybridized carbons (Fsp3) is 0.174. The van der Waals surface area contributed by atoms with E-state index in [0.29, 0.717) is 39.2 Å². The number of nitrogens with one attached hydrogen (secondary N) is 1. The molecule has 0 bridgehead atoms. The lowest BCUT2D eigenvalue weighted by Gasteiger charge is -2.12. The first-order chi connectivity index (χ1) is 15.4. The van der Waals surface area contributed by atoms with Crippen LogP contribution in [-0.4, -0.2) is 37.0 Å². The minimum atomic E-state index is -0.278. The number of ether oxygens (including phenoxy) is 3. The van der Waals surface area contributed by atoms with Gasteiger partial charge in [0.15, 0.2) is 11.5 Å². The minimum absolute atomic E-state index is 0.164. The number of hydrogen-bond donors (Lipinski definition) is 1. The summed E-state index contributed by atoms with van der Waals surface area (Å²) in [6, 6.07) is 12.8. The van der Waals surface area contributed by atoms with Crippen molar-refractivity contribution in [3.63, 3.8) is 0 Å². The number of pyridine rings is 1. The van der Waals surface area contributed by atoms with Crippen LogP contribution in [0.2, 0.25) is 0 Å². The van der Waals surface area contributed by atoms with Crippen molar-refractivity contribution < 1.29 is 19.0 Å². The Balaban J connectivity index is 1.82. The number of nitrogens with zero attached hydrogens (tertiary/aromatic N) is 2. The molecule has 3 aromatic rings. The van der Waals surface area contributed by atoms with Crippen molar-refractivity contribution in [2.45, 2.75) is 0 Å². The number of aryl methyl sites for hydroxylation is 1. The van der Waals surface area contributed by atoms with E-state index in [1.165, 1.54) is 21.3 Å². The molecule has 1 aliphatic heterocycles. The normalized spacial score (nSPS) is 15.9. The molecule has 9 heteroatoms. The largest absolute Gasteiger partial charge is 0.493 e. The second-order valence-electron chi connectivity index (χ2n) is 6.89. The molecule has 0 radical (unpaired) electrons. The SMILES string of the molecule is COc1cc(N=C2NC(=O)SC2=Cc2cc3ccccc3n(C)c2=O)cc(OC)c1OC. The van der Waals surface area contributed by atoms with Crippen LogP contribution in [0.15, 0.2) is 57.2 Å². The number of carbonyl (C=O) groups is 1. The van der Waals surface area contributed by atoms with E-state index >= 15 is 0 Å². The first-order valence-electron chi connectivity index (χ1n) is 9.63. The molecule has 0 saturated carbocycles. The minimum Gasteiger partial charge on any atom is -0.493 e.